The Kier molecular flexibility index (Phi) is 5.22. The number of nitrogens with two attached hydrogens (primary N) is 1. The van der Waals surface area contributed by atoms with Crippen molar-refractivity contribution in [2.24, 2.45) is 5.73 Å². The van der Waals surface area contributed by atoms with Crippen molar-refractivity contribution in [3.05, 3.63) is 23.7 Å². The Bertz CT molecular complexity index is 359. The van der Waals surface area contributed by atoms with Crippen LogP contribution in [0.3, 0.4) is 0 Å². The van der Waals surface area contributed by atoms with Crippen LogP contribution in [0.5, 0.6) is 0 Å². The quantitative estimate of drug-likeness (QED) is 0.773. The number of furan rings is 1. The first-order valence-corrected chi connectivity index (χ1v) is 6.03. The lowest BCUT2D eigenvalue weighted by molar-refractivity contribution is -0.141. The number of hydrogen-bond acceptors (Lipinski definition) is 4. The molecule has 0 spiro atoms. The van der Waals surface area contributed by atoms with Gasteiger partial charge < -0.3 is 14.9 Å². The summed E-state index contributed by atoms with van der Waals surface area (Å²) in [5, 5.41) is 0. The Morgan fingerprint density at radius 3 is 2.65 bits per heavy atom. The van der Waals surface area contributed by atoms with Gasteiger partial charge in [0, 0.05) is 18.4 Å². The van der Waals surface area contributed by atoms with Gasteiger partial charge in [-0.1, -0.05) is 13.8 Å². The fraction of sp³-hybridized carbons (Fsp3) is 0.615. The van der Waals surface area contributed by atoms with Crippen LogP contribution in [0.25, 0.3) is 0 Å². The predicted octanol–water partition coefficient (Wildman–Crippen LogP) is 2.23. The van der Waals surface area contributed by atoms with E-state index in [4.69, 9.17) is 14.9 Å². The van der Waals surface area contributed by atoms with E-state index in [0.717, 1.165) is 24.4 Å². The minimum atomic E-state index is -0.256. The number of hydrogen-bond donors (Lipinski definition) is 1. The molecule has 0 amide bonds. The van der Waals surface area contributed by atoms with Crippen LogP contribution in [0.2, 0.25) is 0 Å². The molecule has 2 atom stereocenters. The van der Waals surface area contributed by atoms with Crippen molar-refractivity contribution in [2.75, 3.05) is 7.11 Å². The van der Waals surface area contributed by atoms with Crippen LogP contribution in [0.1, 0.15) is 44.1 Å². The maximum absolute atomic E-state index is 11.4. The first kappa shape index (κ1) is 13.8. The van der Waals surface area contributed by atoms with E-state index in [1.54, 1.807) is 0 Å². The Morgan fingerprint density at radius 1 is 1.47 bits per heavy atom. The third-order valence-electron chi connectivity index (χ3n) is 3.00. The second-order valence-corrected chi connectivity index (χ2v) is 4.12. The molecule has 0 aliphatic rings. The summed E-state index contributed by atoms with van der Waals surface area (Å²) in [5.41, 5.74) is 6.04. The summed E-state index contributed by atoms with van der Waals surface area (Å²) in [7, 11) is 1.39. The van der Waals surface area contributed by atoms with Crippen molar-refractivity contribution in [1.29, 1.82) is 0 Å². The lowest BCUT2D eigenvalue weighted by Crippen LogP contribution is -2.29. The van der Waals surface area contributed by atoms with Crippen LogP contribution in [0.4, 0.5) is 0 Å². The number of esters is 1. The van der Waals surface area contributed by atoms with Crippen molar-refractivity contribution < 1.29 is 13.9 Å². The molecule has 0 bridgehead atoms. The van der Waals surface area contributed by atoms with E-state index >= 15 is 0 Å². The van der Waals surface area contributed by atoms with Crippen molar-refractivity contribution >= 4 is 5.97 Å². The molecule has 1 heterocycles. The van der Waals surface area contributed by atoms with E-state index < -0.39 is 0 Å². The number of methoxy groups -OCH3 is 1. The maximum atomic E-state index is 11.4. The van der Waals surface area contributed by atoms with Crippen LogP contribution >= 0.6 is 0 Å². The number of carbonyl (C=O) groups is 1. The second kappa shape index (κ2) is 6.45. The monoisotopic (exact) mass is 239 g/mol. The Balaban J connectivity index is 2.85. The van der Waals surface area contributed by atoms with E-state index in [1.165, 1.54) is 7.11 Å². The van der Waals surface area contributed by atoms with E-state index in [1.807, 2.05) is 26.0 Å². The fourth-order valence-corrected chi connectivity index (χ4v) is 1.79. The fourth-order valence-electron chi connectivity index (χ4n) is 1.79. The van der Waals surface area contributed by atoms with Gasteiger partial charge in [-0.3, -0.25) is 4.79 Å². The van der Waals surface area contributed by atoms with Gasteiger partial charge in [0.1, 0.15) is 11.5 Å². The Hall–Kier alpha value is -1.29. The third kappa shape index (κ3) is 3.60. The predicted molar refractivity (Wildman–Crippen MR) is 65.7 cm³/mol. The third-order valence-corrected chi connectivity index (χ3v) is 3.00. The van der Waals surface area contributed by atoms with Crippen molar-refractivity contribution in [3.63, 3.8) is 0 Å². The highest BCUT2D eigenvalue weighted by molar-refractivity contribution is 5.70. The summed E-state index contributed by atoms with van der Waals surface area (Å²) in [6.45, 7) is 4.02. The van der Waals surface area contributed by atoms with Crippen LogP contribution in [-0.2, 0) is 16.0 Å². The van der Waals surface area contributed by atoms with E-state index in [0.29, 0.717) is 0 Å². The first-order chi connectivity index (χ1) is 8.12. The summed E-state index contributed by atoms with van der Waals surface area (Å²) in [6, 6.07) is 3.74. The average Bonchev–Trinajstić information content (AvgIpc) is 2.83. The number of ether oxygens (including phenoxy) is 1. The van der Waals surface area contributed by atoms with Gasteiger partial charge in [-0.05, 0) is 18.6 Å². The highest BCUT2D eigenvalue weighted by Gasteiger charge is 2.25. The minimum absolute atomic E-state index is 0.0926. The molecule has 0 fully saturated rings. The van der Waals surface area contributed by atoms with Gasteiger partial charge in [-0.15, -0.1) is 0 Å². The molecule has 4 nitrogen and oxygen atoms in total. The van der Waals surface area contributed by atoms with Crippen molar-refractivity contribution in [1.82, 2.24) is 0 Å². The van der Waals surface area contributed by atoms with E-state index in [-0.39, 0.29) is 24.3 Å². The summed E-state index contributed by atoms with van der Waals surface area (Å²) < 4.78 is 10.4. The molecular weight excluding hydrogens is 218 g/mol. The Labute approximate surface area is 102 Å². The normalized spacial score (nSPS) is 14.4. The lowest BCUT2D eigenvalue weighted by Gasteiger charge is -2.19. The molecular formula is C13H21NO3. The molecule has 0 saturated carbocycles. The molecule has 0 aromatic carbocycles. The smallest absolute Gasteiger partial charge is 0.306 e. The van der Waals surface area contributed by atoms with Gasteiger partial charge in [0.15, 0.2) is 0 Å². The number of rotatable bonds is 6. The average molecular weight is 239 g/mol. The molecule has 0 saturated heterocycles. The molecule has 1 aromatic heterocycles. The van der Waals surface area contributed by atoms with Crippen molar-refractivity contribution in [3.8, 4) is 0 Å². The van der Waals surface area contributed by atoms with Gasteiger partial charge in [0.05, 0.1) is 13.5 Å². The molecule has 0 aliphatic heterocycles. The standard InChI is InChI=1S/C13H21NO3/c1-4-9-6-7-12(17-9)10(11(14)5-2)8-13(15)16-3/h6-7,10-11H,4-5,8,14H2,1-3H3. The van der Waals surface area contributed by atoms with Crippen LogP contribution in [-0.4, -0.2) is 19.1 Å². The molecule has 0 aliphatic carbocycles. The highest BCUT2D eigenvalue weighted by Crippen LogP contribution is 2.26. The Morgan fingerprint density at radius 2 is 2.18 bits per heavy atom. The van der Waals surface area contributed by atoms with Gasteiger partial charge in [-0.2, -0.15) is 0 Å². The largest absolute Gasteiger partial charge is 0.469 e. The van der Waals surface area contributed by atoms with E-state index in [9.17, 15) is 4.79 Å². The van der Waals surface area contributed by atoms with Gasteiger partial charge >= 0.3 is 5.97 Å². The maximum Gasteiger partial charge on any atom is 0.306 e. The second-order valence-electron chi connectivity index (χ2n) is 4.12. The van der Waals surface area contributed by atoms with Crippen LogP contribution in [0, 0.1) is 0 Å². The zero-order valence-corrected chi connectivity index (χ0v) is 10.7. The summed E-state index contributed by atoms with van der Waals surface area (Å²) >= 11 is 0. The molecule has 0 radical (unpaired) electrons. The van der Waals surface area contributed by atoms with Crippen LogP contribution in [0.15, 0.2) is 16.5 Å². The molecule has 4 heteroatoms. The molecule has 1 rings (SSSR count). The van der Waals surface area contributed by atoms with Crippen LogP contribution < -0.4 is 5.73 Å². The molecule has 1 aromatic rings. The zero-order chi connectivity index (χ0) is 12.8. The number of aryl methyl sites for hydroxylation is 1. The molecule has 2 N–H and O–H groups in total. The van der Waals surface area contributed by atoms with E-state index in [2.05, 4.69) is 0 Å². The number of carbonyl (C=O) groups excluding carboxylic acids is 1. The molecule has 96 valence electrons. The SMILES string of the molecule is CCc1ccc(C(CC(=O)OC)C(N)CC)o1. The molecule has 17 heavy (non-hydrogen) atoms. The lowest BCUT2D eigenvalue weighted by atomic mass is 9.92. The van der Waals surface area contributed by atoms with Gasteiger partial charge in [0.25, 0.3) is 0 Å². The summed E-state index contributed by atoms with van der Waals surface area (Å²) in [6.07, 6.45) is 1.90. The van der Waals surface area contributed by atoms with Gasteiger partial charge in [0.2, 0.25) is 0 Å². The molecule has 2 unspecified atom stereocenters. The zero-order valence-electron chi connectivity index (χ0n) is 10.7. The minimum Gasteiger partial charge on any atom is -0.469 e. The topological polar surface area (TPSA) is 65.5 Å². The summed E-state index contributed by atoms with van der Waals surface area (Å²) in [4.78, 5) is 11.4. The summed E-state index contributed by atoms with van der Waals surface area (Å²) in [5.74, 6) is 1.33. The van der Waals surface area contributed by atoms with Gasteiger partial charge in [-0.25, -0.2) is 0 Å². The first-order valence-electron chi connectivity index (χ1n) is 6.03. The highest BCUT2D eigenvalue weighted by atomic mass is 16.5. The van der Waals surface area contributed by atoms with Crippen molar-refractivity contribution in [2.45, 2.75) is 45.1 Å².